The van der Waals surface area contributed by atoms with Crippen LogP contribution in [-0.4, -0.2) is 69.0 Å². The standard InChI is InChI=1S/C29H28O9/c1-2-18-37-38-26-28(34,24(31)21-14-8-4-9-15-21)29(35,25(32)22-16-10-5-11-17-22)27(33,19-36-26)23(30)20-12-6-3-7-13-20/h3-17,26,33-35H,2,18-19H2,1H3/t26?,27-,28+,29+/m1/s1. The van der Waals surface area contributed by atoms with Gasteiger partial charge in [-0.05, 0) is 6.42 Å². The molecule has 9 heteroatoms. The quantitative estimate of drug-likeness (QED) is 0.159. The zero-order valence-corrected chi connectivity index (χ0v) is 20.7. The highest BCUT2D eigenvalue weighted by Crippen LogP contribution is 2.47. The van der Waals surface area contributed by atoms with Gasteiger partial charge in [-0.15, -0.1) is 0 Å². The Hall–Kier alpha value is -3.57. The van der Waals surface area contributed by atoms with E-state index in [2.05, 4.69) is 0 Å². The minimum absolute atomic E-state index is 0.0216. The van der Waals surface area contributed by atoms with Gasteiger partial charge in [0, 0.05) is 16.7 Å². The van der Waals surface area contributed by atoms with E-state index in [1.165, 1.54) is 72.8 Å². The molecule has 1 aliphatic rings. The molecule has 9 nitrogen and oxygen atoms in total. The molecule has 0 saturated carbocycles. The maximum absolute atomic E-state index is 14.1. The van der Waals surface area contributed by atoms with Crippen molar-refractivity contribution in [2.75, 3.05) is 13.2 Å². The van der Waals surface area contributed by atoms with Gasteiger partial charge in [0.05, 0.1) is 13.2 Å². The third kappa shape index (κ3) is 4.39. The molecule has 1 saturated heterocycles. The zero-order valence-electron chi connectivity index (χ0n) is 20.7. The molecule has 1 fully saturated rings. The monoisotopic (exact) mass is 520 g/mol. The summed E-state index contributed by atoms with van der Waals surface area (Å²) in [6, 6.07) is 21.9. The molecule has 0 spiro atoms. The number of benzene rings is 3. The first-order valence-corrected chi connectivity index (χ1v) is 12.1. The van der Waals surface area contributed by atoms with Gasteiger partial charge in [-0.25, -0.2) is 9.78 Å². The summed E-state index contributed by atoms with van der Waals surface area (Å²) in [5.74, 6) is -3.66. The van der Waals surface area contributed by atoms with Crippen LogP contribution in [-0.2, 0) is 14.5 Å². The first-order valence-electron chi connectivity index (χ1n) is 12.1. The Bertz CT molecular complexity index is 1280. The minimum atomic E-state index is -3.49. The van der Waals surface area contributed by atoms with Crippen LogP contribution in [0, 0.1) is 0 Å². The fourth-order valence-corrected chi connectivity index (χ4v) is 4.50. The van der Waals surface area contributed by atoms with E-state index in [1.54, 1.807) is 25.1 Å². The average Bonchev–Trinajstić information content (AvgIpc) is 2.97. The van der Waals surface area contributed by atoms with Gasteiger partial charge in [-0.3, -0.25) is 14.4 Å². The van der Waals surface area contributed by atoms with E-state index in [-0.39, 0.29) is 23.3 Å². The molecule has 3 aromatic rings. The van der Waals surface area contributed by atoms with Crippen LogP contribution in [0.1, 0.15) is 44.4 Å². The Balaban J connectivity index is 1.98. The van der Waals surface area contributed by atoms with Gasteiger partial charge in [0.2, 0.25) is 29.1 Å². The maximum atomic E-state index is 14.1. The smallest absolute Gasteiger partial charge is 0.231 e. The van der Waals surface area contributed by atoms with Gasteiger partial charge < -0.3 is 20.1 Å². The number of ketones is 3. The molecular formula is C29H28O9. The normalized spacial score (nSPS) is 27.0. The van der Waals surface area contributed by atoms with Crippen molar-refractivity contribution in [2.45, 2.75) is 36.4 Å². The molecule has 38 heavy (non-hydrogen) atoms. The van der Waals surface area contributed by atoms with E-state index in [4.69, 9.17) is 14.5 Å². The average molecular weight is 521 g/mol. The Kier molecular flexibility index (Phi) is 7.98. The van der Waals surface area contributed by atoms with E-state index in [0.717, 1.165) is 0 Å². The minimum Gasteiger partial charge on any atom is -0.376 e. The van der Waals surface area contributed by atoms with Gasteiger partial charge in [-0.2, -0.15) is 0 Å². The van der Waals surface area contributed by atoms with Gasteiger partial charge in [0.25, 0.3) is 0 Å². The van der Waals surface area contributed by atoms with Crippen LogP contribution in [0.5, 0.6) is 0 Å². The maximum Gasteiger partial charge on any atom is 0.231 e. The number of hydrogen-bond donors (Lipinski definition) is 3. The summed E-state index contributed by atoms with van der Waals surface area (Å²) in [4.78, 5) is 52.1. The number of carbonyl (C=O) groups is 3. The molecule has 1 aliphatic heterocycles. The van der Waals surface area contributed by atoms with Crippen LogP contribution in [0.15, 0.2) is 91.0 Å². The molecule has 3 N–H and O–H groups in total. The summed E-state index contributed by atoms with van der Waals surface area (Å²) < 4.78 is 5.52. The topological polar surface area (TPSA) is 140 Å². The third-order valence-electron chi connectivity index (χ3n) is 6.54. The van der Waals surface area contributed by atoms with E-state index < -0.39 is 47.0 Å². The van der Waals surface area contributed by atoms with Gasteiger partial charge in [-0.1, -0.05) is 97.9 Å². The Morgan fingerprint density at radius 1 is 0.763 bits per heavy atom. The van der Waals surface area contributed by atoms with Crippen molar-refractivity contribution in [1.82, 2.24) is 0 Å². The van der Waals surface area contributed by atoms with Crippen LogP contribution in [0.4, 0.5) is 0 Å². The first-order chi connectivity index (χ1) is 18.2. The SMILES string of the molecule is CCCOOC1OC[C@@](O)(C(=O)c2ccccc2)[C@@](O)(C(=O)c2ccccc2)[C@]1(O)C(=O)c1ccccc1. The summed E-state index contributed by atoms with van der Waals surface area (Å²) >= 11 is 0. The van der Waals surface area contributed by atoms with Crippen molar-refractivity contribution in [1.29, 1.82) is 0 Å². The Morgan fingerprint density at radius 3 is 1.68 bits per heavy atom. The van der Waals surface area contributed by atoms with Crippen molar-refractivity contribution >= 4 is 17.3 Å². The highest BCUT2D eigenvalue weighted by atomic mass is 17.2. The van der Waals surface area contributed by atoms with Crippen molar-refractivity contribution in [2.24, 2.45) is 0 Å². The first kappa shape index (κ1) is 27.5. The Morgan fingerprint density at radius 2 is 1.21 bits per heavy atom. The van der Waals surface area contributed by atoms with Crippen LogP contribution in [0.25, 0.3) is 0 Å². The largest absolute Gasteiger partial charge is 0.376 e. The summed E-state index contributed by atoms with van der Waals surface area (Å²) in [5, 5.41) is 36.4. The lowest BCUT2D eigenvalue weighted by molar-refractivity contribution is -0.437. The summed E-state index contributed by atoms with van der Waals surface area (Å²) in [5.41, 5.74) is -10.4. The second kappa shape index (κ2) is 11.0. The van der Waals surface area contributed by atoms with Crippen LogP contribution in [0.2, 0.25) is 0 Å². The second-order valence-corrected chi connectivity index (χ2v) is 8.98. The summed E-state index contributed by atoms with van der Waals surface area (Å²) in [7, 11) is 0. The molecule has 0 aromatic heterocycles. The predicted molar refractivity (Wildman–Crippen MR) is 134 cm³/mol. The predicted octanol–water partition coefficient (Wildman–Crippen LogP) is 2.54. The molecule has 4 rings (SSSR count). The Labute approximate surface area is 219 Å². The van der Waals surface area contributed by atoms with Gasteiger partial charge in [0.1, 0.15) is 0 Å². The number of carbonyl (C=O) groups excluding carboxylic acids is 3. The molecular weight excluding hydrogens is 492 g/mol. The fraction of sp³-hybridized carbons (Fsp3) is 0.276. The molecule has 0 amide bonds. The van der Waals surface area contributed by atoms with E-state index in [1.807, 2.05) is 0 Å². The molecule has 0 aliphatic carbocycles. The van der Waals surface area contributed by atoms with Crippen LogP contribution in [0.3, 0.4) is 0 Å². The molecule has 0 bridgehead atoms. The number of rotatable bonds is 10. The van der Waals surface area contributed by atoms with Crippen molar-refractivity contribution in [3.8, 4) is 0 Å². The summed E-state index contributed by atoms with van der Waals surface area (Å²) in [6.45, 7) is 0.799. The zero-order chi connectivity index (χ0) is 27.4. The number of aliphatic hydroxyl groups is 3. The fourth-order valence-electron chi connectivity index (χ4n) is 4.50. The lowest BCUT2D eigenvalue weighted by atomic mass is 9.60. The number of Topliss-reactive ketones (excluding diaryl/α,β-unsaturated/α-hetero) is 3. The molecule has 0 radical (unpaired) electrons. The van der Waals surface area contributed by atoms with Gasteiger partial charge >= 0.3 is 0 Å². The lowest BCUT2D eigenvalue weighted by Gasteiger charge is -2.54. The lowest BCUT2D eigenvalue weighted by Crippen LogP contribution is -2.84. The highest BCUT2D eigenvalue weighted by molar-refractivity contribution is 6.18. The van der Waals surface area contributed by atoms with E-state index in [9.17, 15) is 29.7 Å². The van der Waals surface area contributed by atoms with Gasteiger partial charge in [0.15, 0.2) is 11.4 Å². The molecule has 3 aromatic carbocycles. The van der Waals surface area contributed by atoms with Crippen molar-refractivity contribution in [3.63, 3.8) is 0 Å². The molecule has 1 heterocycles. The number of hydrogen-bond acceptors (Lipinski definition) is 9. The molecule has 198 valence electrons. The van der Waals surface area contributed by atoms with E-state index in [0.29, 0.717) is 6.42 Å². The van der Waals surface area contributed by atoms with E-state index >= 15 is 0 Å². The van der Waals surface area contributed by atoms with Crippen LogP contribution < -0.4 is 0 Å². The number of ether oxygens (including phenoxy) is 1. The van der Waals surface area contributed by atoms with Crippen molar-refractivity contribution < 1.29 is 44.2 Å². The molecule has 1 unspecified atom stereocenters. The third-order valence-corrected chi connectivity index (χ3v) is 6.54. The van der Waals surface area contributed by atoms with Crippen LogP contribution >= 0.6 is 0 Å². The summed E-state index contributed by atoms with van der Waals surface area (Å²) in [6.07, 6.45) is -1.61. The highest BCUT2D eigenvalue weighted by Gasteiger charge is 2.78. The van der Waals surface area contributed by atoms with Crippen molar-refractivity contribution in [3.05, 3.63) is 108 Å². The second-order valence-electron chi connectivity index (χ2n) is 8.98. The molecule has 4 atom stereocenters.